The zero-order valence-electron chi connectivity index (χ0n) is 8.33. The van der Waals surface area contributed by atoms with Crippen LogP contribution in [0.25, 0.3) is 0 Å². The van der Waals surface area contributed by atoms with Gasteiger partial charge in [-0.25, -0.2) is 0 Å². The Labute approximate surface area is 149 Å². The van der Waals surface area contributed by atoms with E-state index in [1.807, 2.05) is 0 Å². The van der Waals surface area contributed by atoms with Gasteiger partial charge in [-0.3, -0.25) is 14.1 Å². The van der Waals surface area contributed by atoms with Crippen molar-refractivity contribution in [1.82, 2.24) is 0 Å². The third kappa shape index (κ3) is 13.0. The number of aliphatic carboxylic acids is 1. The van der Waals surface area contributed by atoms with E-state index in [1.165, 1.54) is 6.08 Å². The van der Waals surface area contributed by atoms with Gasteiger partial charge in [0.1, 0.15) is 6.61 Å². The molecule has 0 fully saturated rings. The van der Waals surface area contributed by atoms with Gasteiger partial charge in [-0.1, -0.05) is 12.7 Å². The van der Waals surface area contributed by atoms with Gasteiger partial charge in [-0.15, -0.1) is 0 Å². The van der Waals surface area contributed by atoms with Crippen molar-refractivity contribution in [2.24, 2.45) is 5.92 Å². The van der Waals surface area contributed by atoms with Crippen LogP contribution in [0.2, 0.25) is 0 Å². The summed E-state index contributed by atoms with van der Waals surface area (Å²) in [5, 5.41) is 8.45. The predicted octanol–water partition coefficient (Wildman–Crippen LogP) is -1.60. The van der Waals surface area contributed by atoms with Crippen LogP contribution >= 0.6 is 0 Å². The summed E-state index contributed by atoms with van der Waals surface area (Å²) in [6.45, 7) is 3.11. The summed E-state index contributed by atoms with van der Waals surface area (Å²) >= 11 is 0. The average Bonchev–Trinajstić information content (AvgIpc) is 2.10. The fourth-order valence-corrected chi connectivity index (χ4v) is 1.70. The Morgan fingerprint density at radius 1 is 1.33 bits per heavy atom. The van der Waals surface area contributed by atoms with E-state index in [0.717, 1.165) is 0 Å². The summed E-state index contributed by atoms with van der Waals surface area (Å²) in [5.74, 6) is -4.76. The molecule has 7 nitrogen and oxygen atoms in total. The maximum atomic E-state index is 11.2. The van der Waals surface area contributed by atoms with Gasteiger partial charge in [0.05, 0.1) is 18.1 Å². The first-order chi connectivity index (χ1) is 7.26. The number of carbonyl (C=O) groups is 2. The molecule has 0 aliphatic heterocycles. The first-order valence-corrected chi connectivity index (χ1v) is 5.81. The van der Waals surface area contributed by atoms with E-state index in [1.54, 1.807) is 0 Å². The summed E-state index contributed by atoms with van der Waals surface area (Å²) in [4.78, 5) is 21.6. The molecule has 0 radical (unpaired) electrons. The molecule has 0 spiro atoms. The second-order valence-corrected chi connectivity index (χ2v) is 4.46. The third-order valence-electron chi connectivity index (χ3n) is 1.51. The number of rotatable bonds is 7. The van der Waals surface area contributed by atoms with Crippen LogP contribution in [0.3, 0.4) is 0 Å². The first kappa shape index (κ1) is 23.7. The van der Waals surface area contributed by atoms with E-state index in [2.05, 4.69) is 11.3 Å². The fraction of sp³-hybridized carbons (Fsp3) is 0.500. The Balaban J connectivity index is -0.00000112. The Kier molecular flexibility index (Phi) is 15.0. The van der Waals surface area contributed by atoms with Gasteiger partial charge in [0.2, 0.25) is 0 Å². The van der Waals surface area contributed by atoms with Gasteiger partial charge < -0.3 is 9.84 Å². The molecule has 0 heterocycles. The van der Waals surface area contributed by atoms with Crippen LogP contribution in [0.5, 0.6) is 0 Å². The minimum atomic E-state index is -4.43. The average molecular weight is 300 g/mol. The van der Waals surface area contributed by atoms with E-state index >= 15 is 0 Å². The predicted molar refractivity (Wildman–Crippen MR) is 67.6 cm³/mol. The van der Waals surface area contributed by atoms with Crippen LogP contribution in [-0.4, -0.2) is 101 Å². The number of carboxylic acid groups (broad SMARTS) is 1. The Hall–Kier alpha value is 0.590. The van der Waals surface area contributed by atoms with E-state index in [4.69, 9.17) is 9.66 Å². The summed E-state index contributed by atoms with van der Waals surface area (Å²) in [6, 6.07) is 0. The molecule has 0 bridgehead atoms. The topological polar surface area (TPSA) is 118 Å². The molecule has 1 unspecified atom stereocenters. The van der Waals surface area contributed by atoms with Gasteiger partial charge in [0, 0.05) is 0 Å². The van der Waals surface area contributed by atoms with Crippen molar-refractivity contribution >= 4 is 81.2 Å². The molecule has 96 valence electrons. The molecule has 0 aromatic carbocycles. The molecule has 0 amide bonds. The Bertz CT molecular complexity index is 379. The second kappa shape index (κ2) is 11.4. The monoisotopic (exact) mass is 300 g/mol. The van der Waals surface area contributed by atoms with Crippen LogP contribution in [-0.2, 0) is 24.4 Å². The van der Waals surface area contributed by atoms with Crippen LogP contribution in [0.1, 0.15) is 6.42 Å². The molecule has 2 N–H and O–H groups in total. The zero-order valence-corrected chi connectivity index (χ0v) is 9.14. The SMILES string of the molecule is C=CCOC(=O)C(CC(=O)O)CS(=O)(=O)O.[NaH].[NaH]. The van der Waals surface area contributed by atoms with Crippen LogP contribution < -0.4 is 0 Å². The zero-order chi connectivity index (χ0) is 12.8. The molecule has 0 aromatic heterocycles. The molecule has 18 heavy (non-hydrogen) atoms. The minimum absolute atomic E-state index is 0. The number of ether oxygens (including phenoxy) is 1. The summed E-state index contributed by atoms with van der Waals surface area (Å²) in [6.07, 6.45) is 0.527. The number of carboxylic acids is 1. The first-order valence-electron chi connectivity index (χ1n) is 4.20. The number of hydrogen-bond acceptors (Lipinski definition) is 5. The summed E-state index contributed by atoms with van der Waals surface area (Å²) in [7, 11) is -4.43. The van der Waals surface area contributed by atoms with E-state index in [0.29, 0.717) is 0 Å². The van der Waals surface area contributed by atoms with Gasteiger partial charge in [-0.2, -0.15) is 8.42 Å². The van der Waals surface area contributed by atoms with Crippen LogP contribution in [0.15, 0.2) is 12.7 Å². The van der Waals surface area contributed by atoms with Crippen molar-refractivity contribution in [2.45, 2.75) is 6.42 Å². The van der Waals surface area contributed by atoms with Gasteiger partial charge in [0.15, 0.2) is 0 Å². The molecule has 0 rings (SSSR count). The molecule has 0 saturated carbocycles. The van der Waals surface area contributed by atoms with Crippen molar-refractivity contribution in [3.63, 3.8) is 0 Å². The number of carbonyl (C=O) groups excluding carboxylic acids is 1. The quantitative estimate of drug-likeness (QED) is 0.251. The van der Waals surface area contributed by atoms with E-state index in [9.17, 15) is 18.0 Å². The van der Waals surface area contributed by atoms with Crippen molar-refractivity contribution < 1.29 is 32.4 Å². The van der Waals surface area contributed by atoms with Crippen LogP contribution in [0, 0.1) is 5.92 Å². The van der Waals surface area contributed by atoms with E-state index < -0.39 is 40.1 Å². The van der Waals surface area contributed by atoms with Gasteiger partial charge in [0.25, 0.3) is 10.1 Å². The number of esters is 1. The van der Waals surface area contributed by atoms with Crippen molar-refractivity contribution in [1.29, 1.82) is 0 Å². The van der Waals surface area contributed by atoms with Crippen LogP contribution in [0.4, 0.5) is 0 Å². The fourth-order valence-electron chi connectivity index (χ4n) is 0.934. The molecule has 0 aromatic rings. The molecule has 0 saturated heterocycles. The van der Waals surface area contributed by atoms with Crippen molar-refractivity contribution in [2.75, 3.05) is 12.4 Å². The molecular weight excluding hydrogens is 286 g/mol. The van der Waals surface area contributed by atoms with E-state index in [-0.39, 0.29) is 65.7 Å². The van der Waals surface area contributed by atoms with Crippen molar-refractivity contribution in [3.05, 3.63) is 12.7 Å². The summed E-state index contributed by atoms with van der Waals surface area (Å²) < 4.78 is 34.1. The Morgan fingerprint density at radius 3 is 2.17 bits per heavy atom. The van der Waals surface area contributed by atoms with Crippen molar-refractivity contribution in [3.8, 4) is 0 Å². The molecule has 1 atom stereocenters. The third-order valence-corrected chi connectivity index (χ3v) is 2.33. The number of hydrogen-bond donors (Lipinski definition) is 2. The standard InChI is InChI=1S/C8H12O7S.2Na.2H/c1-2-3-15-8(11)6(4-7(9)10)5-16(12,13)14;;;;/h2,6H,1,3-5H2,(H,9,10)(H,12,13,14);;;;. The molecule has 10 heteroatoms. The Morgan fingerprint density at radius 2 is 1.83 bits per heavy atom. The molecular formula is C8H14Na2O7S. The molecule has 0 aliphatic carbocycles. The molecule has 0 aliphatic rings. The normalized spacial score (nSPS) is 11.4. The summed E-state index contributed by atoms with van der Waals surface area (Å²) in [5.41, 5.74) is 0. The van der Waals surface area contributed by atoms with Gasteiger partial charge in [-0.05, 0) is 0 Å². The maximum absolute atomic E-state index is 11.2. The second-order valence-electron chi connectivity index (χ2n) is 2.96. The van der Waals surface area contributed by atoms with Gasteiger partial charge >= 0.3 is 71.1 Å².